The molecule has 0 atom stereocenters. The summed E-state index contributed by atoms with van der Waals surface area (Å²) in [6.07, 6.45) is 3.23. The molecule has 5 nitrogen and oxygen atoms in total. The zero-order valence-corrected chi connectivity index (χ0v) is 17.8. The lowest BCUT2D eigenvalue weighted by Gasteiger charge is -2.30. The van der Waals surface area contributed by atoms with Gasteiger partial charge in [0.1, 0.15) is 17.5 Å². The van der Waals surface area contributed by atoms with E-state index in [1.54, 1.807) is 19.1 Å². The van der Waals surface area contributed by atoms with Crippen molar-refractivity contribution in [3.8, 4) is 11.4 Å². The van der Waals surface area contributed by atoms with E-state index in [0.717, 1.165) is 12.8 Å². The number of hydrogen-bond acceptors (Lipinski definition) is 4. The normalized spacial score (nSPS) is 15.1. The van der Waals surface area contributed by atoms with Gasteiger partial charge < -0.3 is 9.84 Å². The molecule has 2 aromatic carbocycles. The van der Waals surface area contributed by atoms with Crippen LogP contribution in [0.5, 0.6) is 0 Å². The molecule has 4 rings (SSSR count). The van der Waals surface area contributed by atoms with Crippen LogP contribution in [0.1, 0.15) is 49.1 Å². The molecule has 1 fully saturated rings. The van der Waals surface area contributed by atoms with Crippen molar-refractivity contribution in [3.05, 3.63) is 70.9 Å². The fraction of sp³-hybridized carbons (Fsp3) is 0.375. The minimum absolute atomic E-state index is 0.0599. The molecule has 32 heavy (non-hydrogen) atoms. The van der Waals surface area contributed by atoms with Crippen LogP contribution in [0.4, 0.5) is 13.2 Å². The van der Waals surface area contributed by atoms with Gasteiger partial charge in [-0.2, -0.15) is 4.98 Å². The Morgan fingerprint density at radius 3 is 2.50 bits per heavy atom. The average Bonchev–Trinajstić information content (AvgIpc) is 3.43. The number of aryl methyl sites for hydroxylation is 2. The predicted octanol–water partition coefficient (Wildman–Crippen LogP) is 5.02. The molecule has 1 aliphatic carbocycles. The van der Waals surface area contributed by atoms with E-state index >= 15 is 0 Å². The molecule has 1 saturated carbocycles. The Kier molecular flexibility index (Phi) is 6.30. The van der Waals surface area contributed by atoms with E-state index < -0.39 is 17.0 Å². The van der Waals surface area contributed by atoms with Gasteiger partial charge in [0.15, 0.2) is 0 Å². The van der Waals surface area contributed by atoms with Crippen LogP contribution in [-0.4, -0.2) is 22.6 Å². The summed E-state index contributed by atoms with van der Waals surface area (Å²) in [4.78, 5) is 16.7. The molecule has 0 spiro atoms. The van der Waals surface area contributed by atoms with Crippen LogP contribution >= 0.6 is 0 Å². The zero-order valence-electron chi connectivity index (χ0n) is 17.8. The summed E-state index contributed by atoms with van der Waals surface area (Å²) in [5.74, 6) is -1.28. The number of carbonyl (C=O) groups is 1. The zero-order chi connectivity index (χ0) is 22.7. The maximum atomic E-state index is 14.4. The fourth-order valence-electron chi connectivity index (χ4n) is 4.35. The van der Waals surface area contributed by atoms with Crippen LogP contribution in [0.2, 0.25) is 0 Å². The van der Waals surface area contributed by atoms with Crippen molar-refractivity contribution in [2.45, 2.75) is 50.9 Å². The molecule has 1 aromatic heterocycles. The molecule has 1 aliphatic rings. The lowest BCUT2D eigenvalue weighted by atomic mass is 9.78. The molecule has 1 amide bonds. The fourth-order valence-corrected chi connectivity index (χ4v) is 4.35. The molecule has 0 saturated heterocycles. The van der Waals surface area contributed by atoms with Gasteiger partial charge in [-0.1, -0.05) is 36.2 Å². The quantitative estimate of drug-likeness (QED) is 0.557. The van der Waals surface area contributed by atoms with Gasteiger partial charge in [0.2, 0.25) is 17.6 Å². The maximum absolute atomic E-state index is 14.4. The summed E-state index contributed by atoms with van der Waals surface area (Å²) in [5, 5.41) is 6.68. The van der Waals surface area contributed by atoms with Gasteiger partial charge in [0, 0.05) is 35.9 Å². The minimum atomic E-state index is -0.738. The first-order valence-electron chi connectivity index (χ1n) is 10.7. The lowest BCUT2D eigenvalue weighted by Crippen LogP contribution is -2.40. The number of amides is 1. The summed E-state index contributed by atoms with van der Waals surface area (Å²) in [5.41, 5.74) is 0.329. The van der Waals surface area contributed by atoms with E-state index in [2.05, 4.69) is 15.5 Å². The molecular weight excluding hydrogens is 419 g/mol. The predicted molar refractivity (Wildman–Crippen MR) is 112 cm³/mol. The third-order valence-electron chi connectivity index (χ3n) is 6.14. The summed E-state index contributed by atoms with van der Waals surface area (Å²) in [7, 11) is 0. The van der Waals surface area contributed by atoms with Crippen LogP contribution in [0.15, 0.2) is 40.9 Å². The Bertz CT molecular complexity index is 1100. The highest BCUT2D eigenvalue weighted by Crippen LogP contribution is 2.42. The number of aromatic nitrogens is 2. The van der Waals surface area contributed by atoms with Crippen molar-refractivity contribution in [2.24, 2.45) is 0 Å². The largest absolute Gasteiger partial charge is 0.355 e. The van der Waals surface area contributed by atoms with E-state index in [4.69, 9.17) is 4.52 Å². The highest BCUT2D eigenvalue weighted by Gasteiger charge is 2.40. The van der Waals surface area contributed by atoms with Crippen molar-refractivity contribution in [1.82, 2.24) is 15.5 Å². The number of hydrogen-bond donors (Lipinski definition) is 1. The van der Waals surface area contributed by atoms with Gasteiger partial charge in [-0.05, 0) is 43.5 Å². The van der Waals surface area contributed by atoms with Crippen molar-refractivity contribution in [2.75, 3.05) is 6.54 Å². The lowest BCUT2D eigenvalue weighted by molar-refractivity contribution is -0.121. The number of benzene rings is 2. The Balaban J connectivity index is 1.37. The molecule has 8 heteroatoms. The van der Waals surface area contributed by atoms with Gasteiger partial charge >= 0.3 is 0 Å². The van der Waals surface area contributed by atoms with Crippen molar-refractivity contribution in [1.29, 1.82) is 0 Å². The molecule has 3 aromatic rings. The summed E-state index contributed by atoms with van der Waals surface area (Å²) in [6.45, 7) is 1.83. The van der Waals surface area contributed by atoms with Crippen LogP contribution in [0.25, 0.3) is 11.4 Å². The Labute approximate surface area is 184 Å². The van der Waals surface area contributed by atoms with E-state index in [-0.39, 0.29) is 48.4 Å². The van der Waals surface area contributed by atoms with Gasteiger partial charge in [-0.3, -0.25) is 4.79 Å². The van der Waals surface area contributed by atoms with Gasteiger partial charge in [-0.25, -0.2) is 13.2 Å². The van der Waals surface area contributed by atoms with Crippen LogP contribution in [0.3, 0.4) is 0 Å². The molecule has 168 valence electrons. The molecular formula is C24H24F3N3O2. The Hall–Kier alpha value is -3.16. The van der Waals surface area contributed by atoms with Crippen molar-refractivity contribution >= 4 is 5.91 Å². The van der Waals surface area contributed by atoms with Crippen molar-refractivity contribution < 1.29 is 22.5 Å². The second kappa shape index (κ2) is 9.14. The van der Waals surface area contributed by atoms with Crippen molar-refractivity contribution in [3.63, 3.8) is 0 Å². The monoisotopic (exact) mass is 443 g/mol. The third-order valence-corrected chi connectivity index (χ3v) is 6.14. The molecule has 0 unspecified atom stereocenters. The van der Waals surface area contributed by atoms with Gasteiger partial charge in [0.25, 0.3) is 0 Å². The topological polar surface area (TPSA) is 68.0 Å². The van der Waals surface area contributed by atoms with E-state index in [9.17, 15) is 18.0 Å². The third kappa shape index (κ3) is 4.54. The first-order valence-corrected chi connectivity index (χ1v) is 10.7. The summed E-state index contributed by atoms with van der Waals surface area (Å²) in [6, 6.07) is 8.52. The number of carbonyl (C=O) groups excluding carboxylic acids is 1. The Morgan fingerprint density at radius 1 is 1.09 bits per heavy atom. The molecule has 0 bridgehead atoms. The van der Waals surface area contributed by atoms with E-state index in [1.807, 2.05) is 0 Å². The van der Waals surface area contributed by atoms with Crippen LogP contribution < -0.4 is 5.32 Å². The molecule has 1 N–H and O–H groups in total. The standard InChI is InChI=1S/C24H24F3N3O2/c1-15-7-8-16(13-19(15)27)23-29-21(32-30-23)10-9-20(31)28-14-24(11-2-3-12-24)22-17(25)5-4-6-18(22)26/h4-8,13H,2-3,9-12,14H2,1H3,(H,28,31). The average molecular weight is 443 g/mol. The number of nitrogens with zero attached hydrogens (tertiary/aromatic N) is 2. The SMILES string of the molecule is Cc1ccc(-c2noc(CCC(=O)NCC3(c4c(F)cccc4F)CCCC3)n2)cc1F. The molecule has 1 heterocycles. The van der Waals surface area contributed by atoms with E-state index in [1.165, 1.54) is 24.3 Å². The number of nitrogens with one attached hydrogen (secondary N) is 1. The van der Waals surface area contributed by atoms with Crippen LogP contribution in [0, 0.1) is 24.4 Å². The van der Waals surface area contributed by atoms with Crippen LogP contribution in [-0.2, 0) is 16.6 Å². The van der Waals surface area contributed by atoms with Gasteiger partial charge in [0.05, 0.1) is 0 Å². The second-order valence-corrected chi connectivity index (χ2v) is 8.34. The maximum Gasteiger partial charge on any atom is 0.227 e. The molecule has 0 radical (unpaired) electrons. The highest BCUT2D eigenvalue weighted by atomic mass is 19.1. The van der Waals surface area contributed by atoms with Gasteiger partial charge in [-0.15, -0.1) is 0 Å². The highest BCUT2D eigenvalue weighted by molar-refractivity contribution is 5.76. The smallest absolute Gasteiger partial charge is 0.227 e. The molecule has 0 aliphatic heterocycles. The van der Waals surface area contributed by atoms with E-state index in [0.29, 0.717) is 24.0 Å². The number of halogens is 3. The first-order chi connectivity index (χ1) is 15.4. The second-order valence-electron chi connectivity index (χ2n) is 8.34. The first kappa shape index (κ1) is 22.0. The number of rotatable bonds is 7. The summed E-state index contributed by atoms with van der Waals surface area (Å²) >= 11 is 0. The minimum Gasteiger partial charge on any atom is -0.355 e. The Morgan fingerprint density at radius 2 is 1.81 bits per heavy atom. The summed E-state index contributed by atoms with van der Waals surface area (Å²) < 4.78 is 47.8.